The Morgan fingerprint density at radius 1 is 1.12 bits per heavy atom. The molecule has 5 N–H and O–H groups in total. The standard InChI is InChI=1S/C15H27N3O6/c1-14(2,3)24-11(21)7-6-9(12(22)17-8-10(19)20)18-13(23)15(4,5)16/h9H,6-8,16H2,1-5H3,(H,17,22)(H,18,23)(H,19,20)/t9-/m0/s1. The second-order valence-electron chi connectivity index (χ2n) is 6.98. The molecule has 0 aliphatic carbocycles. The summed E-state index contributed by atoms with van der Waals surface area (Å²) in [5.41, 5.74) is 3.77. The lowest BCUT2D eigenvalue weighted by Gasteiger charge is -2.24. The Morgan fingerprint density at radius 2 is 1.67 bits per heavy atom. The van der Waals surface area contributed by atoms with E-state index in [0.717, 1.165) is 0 Å². The first-order valence-corrected chi connectivity index (χ1v) is 7.53. The largest absolute Gasteiger partial charge is 0.480 e. The molecule has 24 heavy (non-hydrogen) atoms. The molecule has 0 bridgehead atoms. The van der Waals surface area contributed by atoms with Gasteiger partial charge in [-0.3, -0.25) is 19.2 Å². The first-order chi connectivity index (χ1) is 10.7. The quantitative estimate of drug-likeness (QED) is 0.435. The Morgan fingerprint density at radius 3 is 2.08 bits per heavy atom. The first kappa shape index (κ1) is 21.8. The van der Waals surface area contributed by atoms with Gasteiger partial charge < -0.3 is 26.2 Å². The Bertz CT molecular complexity index is 490. The van der Waals surface area contributed by atoms with Crippen molar-refractivity contribution in [1.82, 2.24) is 10.6 Å². The maximum atomic E-state index is 12.0. The number of amides is 2. The number of hydrogen-bond acceptors (Lipinski definition) is 6. The first-order valence-electron chi connectivity index (χ1n) is 7.53. The van der Waals surface area contributed by atoms with E-state index in [1.807, 2.05) is 0 Å². The predicted molar refractivity (Wildman–Crippen MR) is 85.9 cm³/mol. The van der Waals surface area contributed by atoms with Crippen molar-refractivity contribution >= 4 is 23.8 Å². The van der Waals surface area contributed by atoms with Gasteiger partial charge in [-0.15, -0.1) is 0 Å². The number of rotatable bonds is 8. The fourth-order valence-electron chi connectivity index (χ4n) is 1.55. The van der Waals surface area contributed by atoms with Gasteiger partial charge in [-0.25, -0.2) is 0 Å². The number of carbonyl (C=O) groups excluding carboxylic acids is 3. The summed E-state index contributed by atoms with van der Waals surface area (Å²) >= 11 is 0. The zero-order valence-electron chi connectivity index (χ0n) is 14.8. The molecule has 0 saturated heterocycles. The number of aliphatic carboxylic acids is 1. The number of carbonyl (C=O) groups is 4. The van der Waals surface area contributed by atoms with E-state index < -0.39 is 47.5 Å². The maximum absolute atomic E-state index is 12.0. The minimum absolute atomic E-state index is 0.0395. The average molecular weight is 345 g/mol. The number of nitrogens with one attached hydrogen (secondary N) is 2. The Balaban J connectivity index is 4.86. The number of carboxylic acid groups (broad SMARTS) is 1. The second kappa shape index (κ2) is 8.62. The van der Waals surface area contributed by atoms with E-state index in [1.54, 1.807) is 20.8 Å². The Labute approximate surface area is 141 Å². The third-order valence-corrected chi connectivity index (χ3v) is 2.68. The summed E-state index contributed by atoms with van der Waals surface area (Å²) < 4.78 is 5.14. The molecule has 0 aliphatic heterocycles. The molecule has 0 rings (SSSR count). The normalized spacial score (nSPS) is 12.9. The highest BCUT2D eigenvalue weighted by Gasteiger charge is 2.29. The zero-order chi connectivity index (χ0) is 19.1. The van der Waals surface area contributed by atoms with E-state index in [1.165, 1.54) is 13.8 Å². The van der Waals surface area contributed by atoms with Crippen molar-refractivity contribution in [2.24, 2.45) is 5.73 Å². The lowest BCUT2D eigenvalue weighted by Crippen LogP contribution is -2.56. The van der Waals surface area contributed by atoms with Crippen molar-refractivity contribution in [3.8, 4) is 0 Å². The van der Waals surface area contributed by atoms with Gasteiger partial charge in [0, 0.05) is 6.42 Å². The van der Waals surface area contributed by atoms with Crippen LogP contribution in [0.4, 0.5) is 0 Å². The summed E-state index contributed by atoms with van der Waals surface area (Å²) in [7, 11) is 0. The fourth-order valence-corrected chi connectivity index (χ4v) is 1.55. The molecule has 0 heterocycles. The van der Waals surface area contributed by atoms with Gasteiger partial charge in [0.2, 0.25) is 11.8 Å². The molecule has 2 amide bonds. The van der Waals surface area contributed by atoms with Crippen LogP contribution in [0, 0.1) is 0 Å². The molecule has 9 nitrogen and oxygen atoms in total. The van der Waals surface area contributed by atoms with Crippen LogP contribution < -0.4 is 16.4 Å². The van der Waals surface area contributed by atoms with Crippen LogP contribution in [0.5, 0.6) is 0 Å². The summed E-state index contributed by atoms with van der Waals surface area (Å²) in [5, 5.41) is 13.2. The minimum Gasteiger partial charge on any atom is -0.480 e. The summed E-state index contributed by atoms with van der Waals surface area (Å²) in [5.74, 6) is -3.06. The van der Waals surface area contributed by atoms with Crippen molar-refractivity contribution in [2.45, 2.75) is 64.6 Å². The molecule has 138 valence electrons. The van der Waals surface area contributed by atoms with Crippen LogP contribution in [-0.2, 0) is 23.9 Å². The van der Waals surface area contributed by atoms with E-state index in [4.69, 9.17) is 15.6 Å². The lowest BCUT2D eigenvalue weighted by atomic mass is 10.0. The summed E-state index contributed by atoms with van der Waals surface area (Å²) in [4.78, 5) is 46.3. The van der Waals surface area contributed by atoms with Crippen LogP contribution in [-0.4, -0.2) is 52.6 Å². The van der Waals surface area contributed by atoms with Crippen molar-refractivity contribution < 1.29 is 29.0 Å². The van der Waals surface area contributed by atoms with Gasteiger partial charge in [-0.2, -0.15) is 0 Å². The van der Waals surface area contributed by atoms with Crippen LogP contribution in [0.3, 0.4) is 0 Å². The van der Waals surface area contributed by atoms with Crippen LogP contribution in [0.25, 0.3) is 0 Å². The van der Waals surface area contributed by atoms with E-state index in [0.29, 0.717) is 0 Å². The van der Waals surface area contributed by atoms with E-state index in [-0.39, 0.29) is 12.8 Å². The Hall–Kier alpha value is -2.16. The second-order valence-corrected chi connectivity index (χ2v) is 6.98. The lowest BCUT2D eigenvalue weighted by molar-refractivity contribution is -0.155. The van der Waals surface area contributed by atoms with E-state index in [2.05, 4.69) is 10.6 Å². The third-order valence-electron chi connectivity index (χ3n) is 2.68. The highest BCUT2D eigenvalue weighted by atomic mass is 16.6. The average Bonchev–Trinajstić information content (AvgIpc) is 2.37. The highest BCUT2D eigenvalue weighted by Crippen LogP contribution is 2.10. The number of nitrogens with two attached hydrogens (primary N) is 1. The molecule has 0 aliphatic rings. The van der Waals surface area contributed by atoms with Crippen LogP contribution in [0.1, 0.15) is 47.5 Å². The summed E-state index contributed by atoms with van der Waals surface area (Å²) in [6.45, 7) is 7.45. The van der Waals surface area contributed by atoms with Crippen LogP contribution in [0.15, 0.2) is 0 Å². The van der Waals surface area contributed by atoms with Crippen molar-refractivity contribution in [3.63, 3.8) is 0 Å². The number of carboxylic acids is 1. The highest BCUT2D eigenvalue weighted by molar-refractivity contribution is 5.92. The number of ether oxygens (including phenoxy) is 1. The van der Waals surface area contributed by atoms with E-state index in [9.17, 15) is 19.2 Å². The fraction of sp³-hybridized carbons (Fsp3) is 0.733. The SMILES string of the molecule is CC(C)(C)OC(=O)CC[C@H](NC(=O)C(C)(C)N)C(=O)NCC(=O)O. The molecule has 0 aromatic rings. The monoisotopic (exact) mass is 345 g/mol. The number of hydrogen-bond donors (Lipinski definition) is 4. The maximum Gasteiger partial charge on any atom is 0.322 e. The zero-order valence-corrected chi connectivity index (χ0v) is 14.8. The smallest absolute Gasteiger partial charge is 0.322 e. The topological polar surface area (TPSA) is 148 Å². The van der Waals surface area contributed by atoms with Crippen LogP contribution >= 0.6 is 0 Å². The summed E-state index contributed by atoms with van der Waals surface area (Å²) in [6, 6.07) is -1.09. The van der Waals surface area contributed by atoms with Gasteiger partial charge in [0.05, 0.1) is 5.54 Å². The molecule has 0 saturated carbocycles. The molecule has 0 aromatic heterocycles. The van der Waals surface area contributed by atoms with Gasteiger partial charge in [-0.1, -0.05) is 0 Å². The molecule has 0 unspecified atom stereocenters. The molecular weight excluding hydrogens is 318 g/mol. The van der Waals surface area contributed by atoms with Crippen molar-refractivity contribution in [1.29, 1.82) is 0 Å². The third kappa shape index (κ3) is 9.78. The molecule has 0 radical (unpaired) electrons. The van der Waals surface area contributed by atoms with Crippen molar-refractivity contribution in [3.05, 3.63) is 0 Å². The van der Waals surface area contributed by atoms with Gasteiger partial charge >= 0.3 is 11.9 Å². The molecule has 1 atom stereocenters. The molecular formula is C15H27N3O6. The van der Waals surface area contributed by atoms with E-state index >= 15 is 0 Å². The van der Waals surface area contributed by atoms with Gasteiger partial charge in [0.25, 0.3) is 0 Å². The van der Waals surface area contributed by atoms with Gasteiger partial charge in [0.15, 0.2) is 0 Å². The number of esters is 1. The van der Waals surface area contributed by atoms with Crippen LogP contribution in [0.2, 0.25) is 0 Å². The minimum atomic E-state index is -1.22. The summed E-state index contributed by atoms with van der Waals surface area (Å²) in [6.07, 6.45) is -0.157. The molecule has 0 fully saturated rings. The molecule has 9 heteroatoms. The Kier molecular flexibility index (Phi) is 7.85. The molecule has 0 aromatic carbocycles. The molecule has 0 spiro atoms. The van der Waals surface area contributed by atoms with Crippen molar-refractivity contribution in [2.75, 3.05) is 6.54 Å². The predicted octanol–water partition coefficient (Wildman–Crippen LogP) is -0.469. The van der Waals surface area contributed by atoms with Gasteiger partial charge in [-0.05, 0) is 41.0 Å². The van der Waals surface area contributed by atoms with Gasteiger partial charge in [0.1, 0.15) is 18.2 Å².